The van der Waals surface area contributed by atoms with Gasteiger partial charge in [-0.1, -0.05) is 18.2 Å². The predicted octanol–water partition coefficient (Wildman–Crippen LogP) is 4.70. The van der Waals surface area contributed by atoms with E-state index in [0.29, 0.717) is 11.1 Å². The van der Waals surface area contributed by atoms with Crippen molar-refractivity contribution >= 4 is 22.8 Å². The normalized spacial score (nSPS) is 17.6. The fourth-order valence-corrected chi connectivity index (χ4v) is 5.29. The van der Waals surface area contributed by atoms with E-state index >= 15 is 0 Å². The van der Waals surface area contributed by atoms with Crippen molar-refractivity contribution in [2.75, 3.05) is 18.0 Å². The minimum atomic E-state index is -0.461. The van der Waals surface area contributed by atoms with Crippen molar-refractivity contribution in [1.82, 2.24) is 4.98 Å². The van der Waals surface area contributed by atoms with Crippen LogP contribution in [0.3, 0.4) is 0 Å². The van der Waals surface area contributed by atoms with Crippen LogP contribution in [0.5, 0.6) is 17.2 Å². The molecule has 2 aromatic carbocycles. The molecule has 2 aliphatic rings. The summed E-state index contributed by atoms with van der Waals surface area (Å²) in [5.41, 5.74) is 1.96. The Morgan fingerprint density at radius 2 is 1.78 bits per heavy atom. The van der Waals surface area contributed by atoms with Crippen LogP contribution < -0.4 is 15.1 Å². The molecule has 0 unspecified atom stereocenters. The molecular formula is C28H24N2O6. The maximum Gasteiger partial charge on any atom is 0.312 e. The molecule has 1 saturated heterocycles. The van der Waals surface area contributed by atoms with Crippen molar-refractivity contribution in [2.45, 2.75) is 31.6 Å². The lowest BCUT2D eigenvalue weighted by Crippen LogP contribution is -2.32. The minimum Gasteiger partial charge on any atom is -0.508 e. The van der Waals surface area contributed by atoms with Gasteiger partial charge in [0, 0.05) is 42.4 Å². The number of hydrogen-bond acceptors (Lipinski definition) is 8. The Bertz CT molecular complexity index is 1540. The molecule has 4 aromatic rings. The maximum absolute atomic E-state index is 13.5. The van der Waals surface area contributed by atoms with E-state index in [0.717, 1.165) is 37.3 Å². The second-order valence-electron chi connectivity index (χ2n) is 9.23. The van der Waals surface area contributed by atoms with Crippen molar-refractivity contribution in [1.29, 1.82) is 0 Å². The number of anilines is 1. The standard InChI is InChI=1S/C28H24N2O6/c31-17-8-6-16(7-9-17)20-15-35-27-24-19(13-23(33)36-22(24)14-21(32)25(27)26(20)34)18-5-4-10-29-28(18)30-11-2-1-3-12-30/h4-10,14-15,19,31-32H,1-3,11-13H2/t19-/m0/s1. The van der Waals surface area contributed by atoms with Gasteiger partial charge in [-0.25, -0.2) is 4.98 Å². The number of ether oxygens (including phenoxy) is 1. The van der Waals surface area contributed by atoms with Gasteiger partial charge in [-0.15, -0.1) is 0 Å². The molecule has 2 aromatic heterocycles. The zero-order valence-corrected chi connectivity index (χ0v) is 19.4. The molecule has 0 spiro atoms. The molecule has 4 heterocycles. The number of benzene rings is 2. The summed E-state index contributed by atoms with van der Waals surface area (Å²) in [6, 6.07) is 11.3. The third-order valence-electron chi connectivity index (χ3n) is 7.00. The number of esters is 1. The maximum atomic E-state index is 13.5. The van der Waals surface area contributed by atoms with Gasteiger partial charge in [-0.05, 0) is 43.0 Å². The van der Waals surface area contributed by atoms with Crippen LogP contribution in [0.25, 0.3) is 22.1 Å². The predicted molar refractivity (Wildman–Crippen MR) is 134 cm³/mol. The van der Waals surface area contributed by atoms with Gasteiger partial charge in [0.15, 0.2) is 0 Å². The minimum absolute atomic E-state index is 0.0192. The van der Waals surface area contributed by atoms with Crippen LogP contribution >= 0.6 is 0 Å². The summed E-state index contributed by atoms with van der Waals surface area (Å²) >= 11 is 0. The highest BCUT2D eigenvalue weighted by molar-refractivity contribution is 5.94. The number of pyridine rings is 1. The molecule has 0 amide bonds. The van der Waals surface area contributed by atoms with Gasteiger partial charge in [0.2, 0.25) is 5.43 Å². The van der Waals surface area contributed by atoms with Gasteiger partial charge in [0.1, 0.15) is 40.3 Å². The van der Waals surface area contributed by atoms with Crippen LogP contribution in [0.4, 0.5) is 5.82 Å². The number of rotatable bonds is 3. The molecule has 1 fully saturated rings. The molecule has 8 heteroatoms. The second kappa shape index (κ2) is 8.71. The largest absolute Gasteiger partial charge is 0.508 e. The van der Waals surface area contributed by atoms with E-state index in [1.807, 2.05) is 12.1 Å². The topological polar surface area (TPSA) is 113 Å². The average Bonchev–Trinajstić information content (AvgIpc) is 2.89. The van der Waals surface area contributed by atoms with E-state index in [2.05, 4.69) is 9.88 Å². The molecule has 0 saturated carbocycles. The third kappa shape index (κ3) is 3.66. The first-order valence-electron chi connectivity index (χ1n) is 12.0. The lowest BCUT2D eigenvalue weighted by Gasteiger charge is -2.32. The highest BCUT2D eigenvalue weighted by Crippen LogP contribution is 2.47. The molecule has 1 atom stereocenters. The summed E-state index contributed by atoms with van der Waals surface area (Å²) in [7, 11) is 0. The number of phenolic OH excluding ortho intramolecular Hbond substituents is 2. The number of fused-ring (bicyclic) bond motifs is 3. The zero-order chi connectivity index (χ0) is 24.8. The van der Waals surface area contributed by atoms with Gasteiger partial charge >= 0.3 is 5.97 Å². The molecule has 36 heavy (non-hydrogen) atoms. The number of aromatic hydroxyl groups is 2. The highest BCUT2D eigenvalue weighted by Gasteiger charge is 2.36. The van der Waals surface area contributed by atoms with Gasteiger partial charge in [-0.3, -0.25) is 9.59 Å². The Kier molecular flexibility index (Phi) is 5.36. The van der Waals surface area contributed by atoms with E-state index in [-0.39, 0.29) is 40.2 Å². The summed E-state index contributed by atoms with van der Waals surface area (Å²) in [6.45, 7) is 1.77. The van der Waals surface area contributed by atoms with Gasteiger partial charge in [-0.2, -0.15) is 0 Å². The van der Waals surface area contributed by atoms with Gasteiger partial charge < -0.3 is 24.3 Å². The Hall–Kier alpha value is -4.33. The molecule has 2 N–H and O–H groups in total. The van der Waals surface area contributed by atoms with E-state index in [4.69, 9.17) is 9.15 Å². The van der Waals surface area contributed by atoms with E-state index in [9.17, 15) is 19.8 Å². The van der Waals surface area contributed by atoms with Crippen LogP contribution in [0, 0.1) is 0 Å². The molecule has 0 bridgehead atoms. The Morgan fingerprint density at radius 3 is 2.56 bits per heavy atom. The van der Waals surface area contributed by atoms with Crippen molar-refractivity contribution in [3.8, 4) is 28.4 Å². The third-order valence-corrected chi connectivity index (χ3v) is 7.00. The van der Waals surface area contributed by atoms with Gasteiger partial charge in [0.05, 0.1) is 12.0 Å². The summed E-state index contributed by atoms with van der Waals surface area (Å²) in [4.78, 5) is 33.1. The summed E-state index contributed by atoms with van der Waals surface area (Å²) in [5.74, 6) is -0.150. The molecule has 0 aliphatic carbocycles. The molecule has 0 radical (unpaired) electrons. The second-order valence-corrected chi connectivity index (χ2v) is 9.23. The van der Waals surface area contributed by atoms with E-state index in [1.54, 1.807) is 18.3 Å². The summed E-state index contributed by atoms with van der Waals surface area (Å²) in [6.07, 6.45) is 6.47. The first-order valence-corrected chi connectivity index (χ1v) is 12.0. The number of carbonyl (C=O) groups excluding carboxylic acids is 1. The number of phenols is 2. The first kappa shape index (κ1) is 22.2. The van der Waals surface area contributed by atoms with Crippen LogP contribution in [-0.4, -0.2) is 34.3 Å². The fraction of sp³-hybridized carbons (Fsp3) is 0.250. The van der Waals surface area contributed by atoms with Crippen LogP contribution in [-0.2, 0) is 4.79 Å². The van der Waals surface area contributed by atoms with E-state index in [1.165, 1.54) is 30.9 Å². The highest BCUT2D eigenvalue weighted by atomic mass is 16.5. The number of nitrogens with zero attached hydrogens (tertiary/aromatic N) is 2. The average molecular weight is 485 g/mol. The monoisotopic (exact) mass is 484 g/mol. The smallest absolute Gasteiger partial charge is 0.312 e. The summed E-state index contributed by atoms with van der Waals surface area (Å²) in [5, 5.41) is 20.4. The lowest BCUT2D eigenvalue weighted by atomic mass is 9.84. The zero-order valence-electron chi connectivity index (χ0n) is 19.4. The molecular weight excluding hydrogens is 460 g/mol. The number of aromatic nitrogens is 1. The summed E-state index contributed by atoms with van der Waals surface area (Å²) < 4.78 is 11.5. The molecule has 2 aliphatic heterocycles. The quantitative estimate of drug-likeness (QED) is 0.318. The van der Waals surface area contributed by atoms with Crippen LogP contribution in [0.15, 0.2) is 64.1 Å². The van der Waals surface area contributed by atoms with Gasteiger partial charge in [0.25, 0.3) is 0 Å². The molecule has 8 nitrogen and oxygen atoms in total. The van der Waals surface area contributed by atoms with Crippen LogP contribution in [0.2, 0.25) is 0 Å². The molecule has 182 valence electrons. The SMILES string of the molecule is O=C1C[C@@H](c2cccnc2N2CCCCC2)c2c(cc(O)c3c(=O)c(-c4ccc(O)cc4)coc23)O1. The Labute approximate surface area is 206 Å². The van der Waals surface area contributed by atoms with Crippen LogP contribution in [0.1, 0.15) is 42.7 Å². The van der Waals surface area contributed by atoms with Crippen molar-refractivity contribution in [2.24, 2.45) is 0 Å². The Morgan fingerprint density at radius 1 is 1.00 bits per heavy atom. The van der Waals surface area contributed by atoms with E-state index < -0.39 is 17.3 Å². The molecule has 6 rings (SSSR count). The van der Waals surface area contributed by atoms with Crippen molar-refractivity contribution in [3.63, 3.8) is 0 Å². The fourth-order valence-electron chi connectivity index (χ4n) is 5.29. The van der Waals surface area contributed by atoms with Crippen molar-refractivity contribution < 1.29 is 24.2 Å². The Balaban J connectivity index is 1.56. The number of piperidine rings is 1. The van der Waals surface area contributed by atoms with Crippen molar-refractivity contribution in [3.05, 3.63) is 76.3 Å². The first-order chi connectivity index (χ1) is 17.5. The number of carbonyl (C=O) groups is 1. The number of hydrogen-bond donors (Lipinski definition) is 2. The lowest BCUT2D eigenvalue weighted by molar-refractivity contribution is -0.135.